The van der Waals surface area contributed by atoms with Gasteiger partial charge in [-0.3, -0.25) is 4.79 Å². The molecule has 7 nitrogen and oxygen atoms in total. The normalized spacial score (nSPS) is 18.9. The number of hydrogen-bond donors (Lipinski definition) is 1. The summed E-state index contributed by atoms with van der Waals surface area (Å²) in [5, 5.41) is 2.88. The Morgan fingerprint density at radius 1 is 1.29 bits per heavy atom. The third-order valence-corrected chi connectivity index (χ3v) is 6.80. The highest BCUT2D eigenvalue weighted by atomic mass is 32.2. The van der Waals surface area contributed by atoms with Crippen LogP contribution in [0.2, 0.25) is 0 Å². The van der Waals surface area contributed by atoms with Crippen molar-refractivity contribution in [3.63, 3.8) is 0 Å². The summed E-state index contributed by atoms with van der Waals surface area (Å²) in [4.78, 5) is 12.5. The van der Waals surface area contributed by atoms with E-state index in [0.29, 0.717) is 32.5 Å². The lowest BCUT2D eigenvalue weighted by Crippen LogP contribution is -2.49. The molecule has 1 aliphatic rings. The molecule has 1 saturated heterocycles. The Bertz CT molecular complexity index is 772. The zero-order valence-electron chi connectivity index (χ0n) is 17.6. The Hall–Kier alpha value is -1.64. The highest BCUT2D eigenvalue weighted by Crippen LogP contribution is 2.30. The van der Waals surface area contributed by atoms with E-state index in [-0.39, 0.29) is 23.8 Å². The SMILES string of the molecule is CN(C)S(=O)(=O)N1CCC[C@H](C(=O)NCCOc2ccccc2C(C)(C)C)C1. The molecule has 8 heteroatoms. The summed E-state index contributed by atoms with van der Waals surface area (Å²) in [6.07, 6.45) is 1.37. The van der Waals surface area contributed by atoms with Crippen molar-refractivity contribution < 1.29 is 17.9 Å². The molecule has 0 bridgehead atoms. The molecule has 1 aliphatic heterocycles. The van der Waals surface area contributed by atoms with Crippen LogP contribution in [0.1, 0.15) is 39.2 Å². The van der Waals surface area contributed by atoms with E-state index in [2.05, 4.69) is 32.2 Å². The fraction of sp³-hybridized carbons (Fsp3) is 0.650. The Labute approximate surface area is 169 Å². The minimum Gasteiger partial charge on any atom is -0.491 e. The predicted molar refractivity (Wildman–Crippen MR) is 111 cm³/mol. The Kier molecular flexibility index (Phi) is 7.47. The van der Waals surface area contributed by atoms with Crippen LogP contribution < -0.4 is 10.1 Å². The molecule has 1 atom stereocenters. The second-order valence-electron chi connectivity index (χ2n) is 8.37. The maximum Gasteiger partial charge on any atom is 0.281 e. The van der Waals surface area contributed by atoms with Gasteiger partial charge in [-0.05, 0) is 29.9 Å². The molecule has 1 amide bonds. The molecule has 0 radical (unpaired) electrons. The molecule has 0 spiro atoms. The Morgan fingerprint density at radius 3 is 2.61 bits per heavy atom. The van der Waals surface area contributed by atoms with Gasteiger partial charge in [0.25, 0.3) is 10.2 Å². The van der Waals surface area contributed by atoms with E-state index in [1.54, 1.807) is 0 Å². The van der Waals surface area contributed by atoms with Crippen LogP contribution in [-0.2, 0) is 20.4 Å². The topological polar surface area (TPSA) is 79.0 Å². The number of benzene rings is 1. The molecule has 28 heavy (non-hydrogen) atoms. The molecular weight excluding hydrogens is 378 g/mol. The summed E-state index contributed by atoms with van der Waals surface area (Å²) >= 11 is 0. The standard InChI is InChI=1S/C20H33N3O4S/c1-20(2,3)17-10-6-7-11-18(17)27-14-12-21-19(24)16-9-8-13-23(15-16)28(25,26)22(4)5/h6-7,10-11,16H,8-9,12-15H2,1-5H3,(H,21,24)/t16-/m0/s1. The molecule has 1 heterocycles. The zero-order chi connectivity index (χ0) is 20.9. The Morgan fingerprint density at radius 2 is 1.96 bits per heavy atom. The third kappa shape index (κ3) is 5.68. The minimum absolute atomic E-state index is 0.0245. The molecule has 1 aromatic rings. The van der Waals surface area contributed by atoms with E-state index >= 15 is 0 Å². The van der Waals surface area contributed by atoms with Crippen LogP contribution >= 0.6 is 0 Å². The second kappa shape index (κ2) is 9.24. The van der Waals surface area contributed by atoms with Crippen molar-refractivity contribution in [3.05, 3.63) is 29.8 Å². The number of piperidine rings is 1. The first-order chi connectivity index (χ1) is 13.0. The molecule has 0 saturated carbocycles. The summed E-state index contributed by atoms with van der Waals surface area (Å²) in [6, 6.07) is 7.92. The predicted octanol–water partition coefficient (Wildman–Crippen LogP) is 2.00. The van der Waals surface area contributed by atoms with Crippen molar-refractivity contribution in [1.29, 1.82) is 0 Å². The van der Waals surface area contributed by atoms with Crippen molar-refractivity contribution >= 4 is 16.1 Å². The summed E-state index contributed by atoms with van der Waals surface area (Å²) in [5.41, 5.74) is 1.10. The van der Waals surface area contributed by atoms with E-state index < -0.39 is 10.2 Å². The molecule has 158 valence electrons. The highest BCUT2D eigenvalue weighted by Gasteiger charge is 2.33. The maximum absolute atomic E-state index is 12.5. The average molecular weight is 412 g/mol. The van der Waals surface area contributed by atoms with Gasteiger partial charge in [0.2, 0.25) is 5.91 Å². The maximum atomic E-state index is 12.5. The molecule has 0 aromatic heterocycles. The quantitative estimate of drug-likeness (QED) is 0.696. The van der Waals surface area contributed by atoms with Gasteiger partial charge in [0.1, 0.15) is 12.4 Å². The molecule has 1 aromatic carbocycles. The summed E-state index contributed by atoms with van der Waals surface area (Å²) in [7, 11) is -0.473. The van der Waals surface area contributed by atoms with Crippen LogP contribution in [0, 0.1) is 5.92 Å². The molecule has 1 fully saturated rings. The number of nitrogens with one attached hydrogen (secondary N) is 1. The summed E-state index contributed by atoms with van der Waals surface area (Å²) < 4.78 is 33.0. The van der Waals surface area contributed by atoms with E-state index in [9.17, 15) is 13.2 Å². The van der Waals surface area contributed by atoms with Crippen molar-refractivity contribution in [2.75, 3.05) is 40.3 Å². The largest absolute Gasteiger partial charge is 0.491 e. The Balaban J connectivity index is 1.85. The first kappa shape index (κ1) is 22.6. The van der Waals surface area contributed by atoms with Crippen LogP contribution in [0.4, 0.5) is 0 Å². The molecular formula is C20H33N3O4S. The smallest absolute Gasteiger partial charge is 0.281 e. The molecule has 1 N–H and O–H groups in total. The van der Waals surface area contributed by atoms with Gasteiger partial charge in [-0.15, -0.1) is 0 Å². The van der Waals surface area contributed by atoms with Gasteiger partial charge in [0, 0.05) is 27.2 Å². The number of rotatable bonds is 7. The number of nitrogens with zero attached hydrogens (tertiary/aromatic N) is 2. The number of carbonyl (C=O) groups is 1. The van der Waals surface area contributed by atoms with E-state index in [4.69, 9.17) is 4.74 Å². The highest BCUT2D eigenvalue weighted by molar-refractivity contribution is 7.86. The number of hydrogen-bond acceptors (Lipinski definition) is 4. The lowest BCUT2D eigenvalue weighted by atomic mass is 9.86. The van der Waals surface area contributed by atoms with Crippen LogP contribution in [0.5, 0.6) is 5.75 Å². The first-order valence-electron chi connectivity index (χ1n) is 9.71. The summed E-state index contributed by atoms with van der Waals surface area (Å²) in [6.45, 7) is 7.82. The van der Waals surface area contributed by atoms with Gasteiger partial charge in [0.05, 0.1) is 12.5 Å². The third-order valence-electron chi connectivity index (χ3n) is 4.90. The van der Waals surface area contributed by atoms with Gasteiger partial charge in [-0.1, -0.05) is 39.0 Å². The molecule has 2 rings (SSSR count). The first-order valence-corrected chi connectivity index (χ1v) is 11.1. The van der Waals surface area contributed by atoms with Crippen LogP contribution in [0.15, 0.2) is 24.3 Å². The number of carbonyl (C=O) groups excluding carboxylic acids is 1. The van der Waals surface area contributed by atoms with Gasteiger partial charge in [-0.2, -0.15) is 17.0 Å². The summed E-state index contributed by atoms with van der Waals surface area (Å²) in [5.74, 6) is 0.377. The molecule has 0 unspecified atom stereocenters. The monoisotopic (exact) mass is 411 g/mol. The van der Waals surface area contributed by atoms with Gasteiger partial charge in [-0.25, -0.2) is 0 Å². The van der Waals surface area contributed by atoms with Crippen molar-refractivity contribution in [2.45, 2.75) is 39.0 Å². The van der Waals surface area contributed by atoms with Gasteiger partial charge < -0.3 is 10.1 Å². The minimum atomic E-state index is -3.48. The lowest BCUT2D eigenvalue weighted by molar-refractivity contribution is -0.126. The van der Waals surface area contributed by atoms with Crippen LogP contribution in [0.25, 0.3) is 0 Å². The fourth-order valence-electron chi connectivity index (χ4n) is 3.29. The number of amides is 1. The fourth-order valence-corrected chi connectivity index (χ4v) is 4.48. The van der Waals surface area contributed by atoms with Crippen LogP contribution in [0.3, 0.4) is 0 Å². The average Bonchev–Trinajstić information content (AvgIpc) is 2.64. The van der Waals surface area contributed by atoms with E-state index in [1.165, 1.54) is 22.7 Å². The molecule has 0 aliphatic carbocycles. The van der Waals surface area contributed by atoms with E-state index in [1.807, 2.05) is 18.2 Å². The van der Waals surface area contributed by atoms with Gasteiger partial charge in [0.15, 0.2) is 0 Å². The van der Waals surface area contributed by atoms with Crippen LogP contribution in [-0.4, -0.2) is 63.3 Å². The van der Waals surface area contributed by atoms with E-state index in [0.717, 1.165) is 11.3 Å². The van der Waals surface area contributed by atoms with Crippen molar-refractivity contribution in [3.8, 4) is 5.75 Å². The van der Waals surface area contributed by atoms with Crippen molar-refractivity contribution in [1.82, 2.24) is 13.9 Å². The second-order valence-corrected chi connectivity index (χ2v) is 10.5. The number of ether oxygens (including phenoxy) is 1. The van der Waals surface area contributed by atoms with Crippen molar-refractivity contribution in [2.24, 2.45) is 5.92 Å². The zero-order valence-corrected chi connectivity index (χ0v) is 18.4. The number of para-hydroxylation sites is 1. The lowest BCUT2D eigenvalue weighted by Gasteiger charge is -2.32. The van der Waals surface area contributed by atoms with Gasteiger partial charge >= 0.3 is 0 Å².